The number of pyridine rings is 1. The van der Waals surface area contributed by atoms with Crippen molar-refractivity contribution >= 4 is 33.9 Å². The van der Waals surface area contributed by atoms with Crippen LogP contribution in [0.15, 0.2) is 79.3 Å². The highest BCUT2D eigenvalue weighted by Crippen LogP contribution is 2.38. The topological polar surface area (TPSA) is 108 Å². The molecule has 0 fully saturated rings. The van der Waals surface area contributed by atoms with Gasteiger partial charge in [-0.2, -0.15) is 13.2 Å². The van der Waals surface area contributed by atoms with Crippen LogP contribution < -0.4 is 20.3 Å². The molecule has 0 saturated heterocycles. The number of ether oxygens (including phenoxy) is 1. The van der Waals surface area contributed by atoms with E-state index in [1.54, 1.807) is 37.5 Å². The number of carbonyl (C=O) groups excluding carboxylic acids is 1. The van der Waals surface area contributed by atoms with Crippen molar-refractivity contribution in [2.75, 3.05) is 49.8 Å². The maximum Gasteiger partial charge on any atom is 0.416 e. The number of benzene rings is 3. The number of hydrogen-bond acceptors (Lipinski definition) is 8. The molecule has 0 saturated carbocycles. The highest BCUT2D eigenvalue weighted by Gasteiger charge is 2.31. The average molecular weight is 645 g/mol. The molecule has 0 unspecified atom stereocenters. The largest absolute Gasteiger partial charge is 0.438 e. The molecule has 0 bridgehead atoms. The number of carbonyl (C=O) groups is 1. The fraction of sp³-hybridized carbons (Fsp3) is 0.265. The predicted molar refractivity (Wildman–Crippen MR) is 177 cm³/mol. The third-order valence-electron chi connectivity index (χ3n) is 7.37. The molecular formula is C34H35F3N8O2. The summed E-state index contributed by atoms with van der Waals surface area (Å²) in [5, 5.41) is 6.77. The lowest BCUT2D eigenvalue weighted by atomic mass is 10.1. The van der Waals surface area contributed by atoms with E-state index < -0.39 is 17.8 Å². The summed E-state index contributed by atoms with van der Waals surface area (Å²) in [6.45, 7) is 3.34. The molecule has 13 heteroatoms. The minimum atomic E-state index is -4.57. The predicted octanol–water partition coefficient (Wildman–Crippen LogP) is 7.49. The van der Waals surface area contributed by atoms with Crippen molar-refractivity contribution < 1.29 is 22.7 Å². The van der Waals surface area contributed by atoms with Crippen LogP contribution in [0.3, 0.4) is 0 Å². The van der Waals surface area contributed by atoms with E-state index in [-0.39, 0.29) is 11.6 Å². The number of rotatable bonds is 11. The van der Waals surface area contributed by atoms with Gasteiger partial charge in [-0.15, -0.1) is 0 Å². The first kappa shape index (κ1) is 33.1. The Kier molecular flexibility index (Phi) is 10.1. The molecule has 5 rings (SSSR count). The number of aromatic nitrogens is 4. The molecule has 0 aliphatic rings. The molecule has 5 aromatic rings. The van der Waals surface area contributed by atoms with E-state index in [9.17, 15) is 18.0 Å². The molecule has 10 nitrogen and oxygen atoms in total. The quantitative estimate of drug-likeness (QED) is 0.152. The fourth-order valence-corrected chi connectivity index (χ4v) is 5.01. The van der Waals surface area contributed by atoms with E-state index in [0.29, 0.717) is 58.1 Å². The van der Waals surface area contributed by atoms with Gasteiger partial charge in [0, 0.05) is 37.0 Å². The van der Waals surface area contributed by atoms with Crippen LogP contribution in [0.25, 0.3) is 22.2 Å². The Bertz CT molecular complexity index is 1870. The second-order valence-corrected chi connectivity index (χ2v) is 11.1. The number of hydrogen-bond donors (Lipinski definition) is 2. The van der Waals surface area contributed by atoms with E-state index in [0.717, 1.165) is 25.1 Å². The molecule has 3 aromatic carbocycles. The Balaban J connectivity index is 1.41. The van der Waals surface area contributed by atoms with Crippen molar-refractivity contribution in [3.8, 4) is 23.0 Å². The first-order valence-corrected chi connectivity index (χ1v) is 15.0. The number of fused-ring (bicyclic) bond motifs is 1. The highest BCUT2D eigenvalue weighted by molar-refractivity contribution is 6.08. The molecule has 2 N–H and O–H groups in total. The van der Waals surface area contributed by atoms with Gasteiger partial charge in [-0.1, -0.05) is 31.2 Å². The van der Waals surface area contributed by atoms with Gasteiger partial charge in [0.05, 0.1) is 28.2 Å². The van der Waals surface area contributed by atoms with Crippen LogP contribution in [0.1, 0.15) is 24.7 Å². The summed E-state index contributed by atoms with van der Waals surface area (Å²) in [5.41, 5.74) is 0.669. The van der Waals surface area contributed by atoms with E-state index in [2.05, 4.69) is 30.6 Å². The summed E-state index contributed by atoms with van der Waals surface area (Å²) in [6.07, 6.45) is -0.0985. The van der Waals surface area contributed by atoms with Gasteiger partial charge in [0.15, 0.2) is 5.82 Å². The number of urea groups is 1. The maximum atomic E-state index is 13.6. The van der Waals surface area contributed by atoms with Gasteiger partial charge in [-0.25, -0.2) is 24.7 Å². The number of anilines is 3. The first-order valence-electron chi connectivity index (χ1n) is 15.0. The minimum absolute atomic E-state index is 0.0428. The summed E-state index contributed by atoms with van der Waals surface area (Å²) in [5.74, 6) is 1.82. The normalized spacial score (nSPS) is 11.5. The summed E-state index contributed by atoms with van der Waals surface area (Å²) in [7, 11) is 5.68. The van der Waals surface area contributed by atoms with Gasteiger partial charge < -0.3 is 25.2 Å². The molecule has 0 aliphatic heterocycles. The first-order chi connectivity index (χ1) is 22.5. The van der Waals surface area contributed by atoms with Gasteiger partial charge in [-0.05, 0) is 69.5 Å². The zero-order valence-corrected chi connectivity index (χ0v) is 26.5. The SMILES string of the molecule is CCc1ncnc(-c2cccnc2Oc2ccc(NC(=O)Nc3cc(C(F)(F)F)ccc3N(C)CCCN(C)C)c3ccccc23)n1. The van der Waals surface area contributed by atoms with E-state index >= 15 is 0 Å². The molecule has 0 spiro atoms. The van der Waals surface area contributed by atoms with Crippen LogP contribution in [0.5, 0.6) is 11.6 Å². The Morgan fingerprint density at radius 2 is 1.64 bits per heavy atom. The third kappa shape index (κ3) is 8.11. The van der Waals surface area contributed by atoms with Crippen LogP contribution in [0.2, 0.25) is 0 Å². The van der Waals surface area contributed by atoms with Crippen LogP contribution >= 0.6 is 0 Å². The molecule has 2 amide bonds. The van der Waals surface area contributed by atoms with Crippen molar-refractivity contribution in [1.29, 1.82) is 0 Å². The highest BCUT2D eigenvalue weighted by atomic mass is 19.4. The lowest BCUT2D eigenvalue weighted by Crippen LogP contribution is -2.26. The number of nitrogens with zero attached hydrogens (tertiary/aromatic N) is 6. The van der Waals surface area contributed by atoms with Crippen molar-refractivity contribution in [2.24, 2.45) is 0 Å². The second kappa shape index (κ2) is 14.4. The Morgan fingerprint density at radius 1 is 0.872 bits per heavy atom. The van der Waals surface area contributed by atoms with Gasteiger partial charge in [0.25, 0.3) is 0 Å². The van der Waals surface area contributed by atoms with E-state index in [1.165, 1.54) is 12.4 Å². The van der Waals surface area contributed by atoms with Gasteiger partial charge in [0.2, 0.25) is 5.88 Å². The van der Waals surface area contributed by atoms with E-state index in [1.807, 2.05) is 55.1 Å². The number of nitrogens with one attached hydrogen (secondary N) is 2. The average Bonchev–Trinajstić information content (AvgIpc) is 3.05. The lowest BCUT2D eigenvalue weighted by Gasteiger charge is -2.24. The maximum absolute atomic E-state index is 13.6. The molecule has 0 radical (unpaired) electrons. The zero-order chi connectivity index (χ0) is 33.6. The number of amides is 2. The second-order valence-electron chi connectivity index (χ2n) is 11.1. The standard InChI is InChI=1S/C34H35F3N8O2/c1-5-30-39-21-40-31(43-30)25-12-8-17-38-32(25)47-29-16-14-26(23-10-6-7-11-24(23)29)41-33(46)42-27-20-22(34(35,36)37)13-15-28(27)45(4)19-9-18-44(2)3/h6-8,10-17,20-21H,5,9,18-19H2,1-4H3,(H2,41,42,46). The molecule has 2 heterocycles. The van der Waals surface area contributed by atoms with Crippen LogP contribution in [0.4, 0.5) is 35.0 Å². The Morgan fingerprint density at radius 3 is 2.38 bits per heavy atom. The molecular weight excluding hydrogens is 609 g/mol. The Hall–Kier alpha value is -5.30. The van der Waals surface area contributed by atoms with Crippen molar-refractivity contribution in [1.82, 2.24) is 24.8 Å². The fourth-order valence-electron chi connectivity index (χ4n) is 5.01. The van der Waals surface area contributed by atoms with Gasteiger partial charge in [0.1, 0.15) is 17.9 Å². The van der Waals surface area contributed by atoms with Gasteiger partial charge >= 0.3 is 12.2 Å². The van der Waals surface area contributed by atoms with Crippen LogP contribution in [-0.4, -0.2) is 65.1 Å². The molecule has 0 aliphatic carbocycles. The number of halogens is 3. The summed E-state index contributed by atoms with van der Waals surface area (Å²) >= 11 is 0. The molecule has 244 valence electrons. The Labute approximate surface area is 270 Å². The van der Waals surface area contributed by atoms with Crippen molar-refractivity contribution in [2.45, 2.75) is 25.9 Å². The lowest BCUT2D eigenvalue weighted by molar-refractivity contribution is -0.137. The number of alkyl halides is 3. The third-order valence-corrected chi connectivity index (χ3v) is 7.37. The molecule has 47 heavy (non-hydrogen) atoms. The van der Waals surface area contributed by atoms with E-state index in [4.69, 9.17) is 4.74 Å². The summed E-state index contributed by atoms with van der Waals surface area (Å²) in [6, 6.07) is 16.9. The van der Waals surface area contributed by atoms with Gasteiger partial charge in [-0.3, -0.25) is 0 Å². The van der Waals surface area contributed by atoms with Crippen LogP contribution in [-0.2, 0) is 12.6 Å². The summed E-state index contributed by atoms with van der Waals surface area (Å²) < 4.78 is 47.2. The van der Waals surface area contributed by atoms with Crippen LogP contribution in [0, 0.1) is 0 Å². The monoisotopic (exact) mass is 644 g/mol. The smallest absolute Gasteiger partial charge is 0.416 e. The van der Waals surface area contributed by atoms with Crippen molar-refractivity contribution in [3.63, 3.8) is 0 Å². The number of aryl methyl sites for hydroxylation is 1. The summed E-state index contributed by atoms with van der Waals surface area (Å²) in [4.78, 5) is 34.5. The van der Waals surface area contributed by atoms with Crippen molar-refractivity contribution in [3.05, 3.63) is 90.6 Å². The minimum Gasteiger partial charge on any atom is -0.438 e. The zero-order valence-electron chi connectivity index (χ0n) is 26.5. The molecule has 2 aromatic heterocycles. The molecule has 0 atom stereocenters.